The standard InChI is InChI=1S/C11H14N2O/c1-3-7-4-8-6-10(14)13(2)11(8)9(12)5-7/h4-5H,3,6,12H2,1-2H3. The van der Waals surface area contributed by atoms with Crippen LogP contribution in [0.15, 0.2) is 12.1 Å². The summed E-state index contributed by atoms with van der Waals surface area (Å²) in [6.07, 6.45) is 1.44. The fourth-order valence-electron chi connectivity index (χ4n) is 1.94. The number of nitrogens with zero attached hydrogens (tertiary/aromatic N) is 1. The number of amides is 1. The summed E-state index contributed by atoms with van der Waals surface area (Å²) in [5.74, 6) is 0.125. The third kappa shape index (κ3) is 1.16. The van der Waals surface area contributed by atoms with Crippen LogP contribution in [-0.4, -0.2) is 13.0 Å². The van der Waals surface area contributed by atoms with Gasteiger partial charge in [0.1, 0.15) is 0 Å². The molecule has 1 amide bonds. The lowest BCUT2D eigenvalue weighted by atomic mass is 10.1. The van der Waals surface area contributed by atoms with E-state index < -0.39 is 0 Å². The van der Waals surface area contributed by atoms with E-state index in [2.05, 4.69) is 13.0 Å². The minimum atomic E-state index is 0.125. The molecule has 3 nitrogen and oxygen atoms in total. The Morgan fingerprint density at radius 2 is 2.21 bits per heavy atom. The summed E-state index contributed by atoms with van der Waals surface area (Å²) in [6, 6.07) is 4.03. The molecular weight excluding hydrogens is 176 g/mol. The maximum atomic E-state index is 11.5. The number of nitrogen functional groups attached to an aromatic ring is 1. The summed E-state index contributed by atoms with van der Waals surface area (Å²) in [4.78, 5) is 13.1. The van der Waals surface area contributed by atoms with Crippen LogP contribution in [0.1, 0.15) is 18.1 Å². The topological polar surface area (TPSA) is 46.3 Å². The van der Waals surface area contributed by atoms with Crippen LogP contribution in [0.2, 0.25) is 0 Å². The maximum absolute atomic E-state index is 11.5. The Bertz CT molecular complexity index is 399. The van der Waals surface area contributed by atoms with Gasteiger partial charge in [0.25, 0.3) is 0 Å². The highest BCUT2D eigenvalue weighted by Gasteiger charge is 2.26. The Morgan fingerprint density at radius 1 is 1.50 bits per heavy atom. The molecule has 0 aromatic heterocycles. The van der Waals surface area contributed by atoms with Crippen molar-refractivity contribution in [3.63, 3.8) is 0 Å². The van der Waals surface area contributed by atoms with E-state index >= 15 is 0 Å². The number of fused-ring (bicyclic) bond motifs is 1. The van der Waals surface area contributed by atoms with Gasteiger partial charge in [0.2, 0.25) is 5.91 Å². The molecule has 0 saturated carbocycles. The number of aryl methyl sites for hydroxylation is 1. The van der Waals surface area contributed by atoms with E-state index in [1.165, 1.54) is 5.56 Å². The molecule has 14 heavy (non-hydrogen) atoms. The zero-order valence-corrected chi connectivity index (χ0v) is 8.50. The van der Waals surface area contributed by atoms with Crippen molar-refractivity contribution in [1.82, 2.24) is 0 Å². The van der Waals surface area contributed by atoms with Gasteiger partial charge >= 0.3 is 0 Å². The van der Waals surface area contributed by atoms with E-state index in [0.29, 0.717) is 12.1 Å². The molecule has 0 atom stereocenters. The molecular formula is C11H14N2O. The SMILES string of the molecule is CCc1cc(N)c2c(c1)CC(=O)N2C. The molecule has 0 radical (unpaired) electrons. The summed E-state index contributed by atoms with van der Waals surface area (Å²) in [6.45, 7) is 2.08. The van der Waals surface area contributed by atoms with Crippen molar-refractivity contribution in [3.05, 3.63) is 23.3 Å². The Hall–Kier alpha value is -1.51. The van der Waals surface area contributed by atoms with E-state index in [1.54, 1.807) is 11.9 Å². The molecule has 0 aliphatic carbocycles. The summed E-state index contributed by atoms with van der Waals surface area (Å²) < 4.78 is 0. The number of nitrogens with two attached hydrogens (primary N) is 1. The largest absolute Gasteiger partial charge is 0.397 e. The first-order valence-electron chi connectivity index (χ1n) is 4.81. The summed E-state index contributed by atoms with van der Waals surface area (Å²) in [5, 5.41) is 0. The van der Waals surface area contributed by atoms with Crippen molar-refractivity contribution in [1.29, 1.82) is 0 Å². The van der Waals surface area contributed by atoms with E-state index in [0.717, 1.165) is 17.7 Å². The molecule has 0 spiro atoms. The average molecular weight is 190 g/mol. The normalized spacial score (nSPS) is 14.7. The maximum Gasteiger partial charge on any atom is 0.231 e. The van der Waals surface area contributed by atoms with E-state index in [4.69, 9.17) is 5.73 Å². The first kappa shape index (κ1) is 9.06. The Balaban J connectivity index is 2.57. The van der Waals surface area contributed by atoms with Crippen LogP contribution in [0.3, 0.4) is 0 Å². The summed E-state index contributed by atoms with van der Waals surface area (Å²) in [7, 11) is 1.77. The zero-order chi connectivity index (χ0) is 10.3. The first-order valence-corrected chi connectivity index (χ1v) is 4.81. The number of hydrogen-bond donors (Lipinski definition) is 1. The van der Waals surface area contributed by atoms with E-state index in [1.807, 2.05) is 6.07 Å². The second-order valence-corrected chi connectivity index (χ2v) is 3.68. The minimum absolute atomic E-state index is 0.125. The van der Waals surface area contributed by atoms with Gasteiger partial charge in [-0.25, -0.2) is 0 Å². The van der Waals surface area contributed by atoms with Crippen LogP contribution in [0.25, 0.3) is 0 Å². The number of rotatable bonds is 1. The monoisotopic (exact) mass is 190 g/mol. The lowest BCUT2D eigenvalue weighted by Gasteiger charge is -2.13. The second kappa shape index (κ2) is 3.01. The lowest BCUT2D eigenvalue weighted by Crippen LogP contribution is -2.21. The second-order valence-electron chi connectivity index (χ2n) is 3.68. The summed E-state index contributed by atoms with van der Waals surface area (Å²) >= 11 is 0. The van der Waals surface area contributed by atoms with Gasteiger partial charge in [0, 0.05) is 7.05 Å². The molecule has 1 aliphatic rings. The summed E-state index contributed by atoms with van der Waals surface area (Å²) in [5.41, 5.74) is 9.78. The number of benzene rings is 1. The van der Waals surface area contributed by atoms with Crippen LogP contribution < -0.4 is 10.6 Å². The minimum Gasteiger partial charge on any atom is -0.397 e. The predicted molar refractivity (Wildman–Crippen MR) is 57.3 cm³/mol. The molecule has 2 N–H and O–H groups in total. The number of carbonyl (C=O) groups is 1. The zero-order valence-electron chi connectivity index (χ0n) is 8.50. The average Bonchev–Trinajstić information content (AvgIpc) is 2.43. The van der Waals surface area contributed by atoms with E-state index in [-0.39, 0.29) is 5.91 Å². The van der Waals surface area contributed by atoms with E-state index in [9.17, 15) is 4.79 Å². The van der Waals surface area contributed by atoms with Gasteiger partial charge in [-0.15, -0.1) is 0 Å². The van der Waals surface area contributed by atoms with Gasteiger partial charge in [-0.2, -0.15) is 0 Å². The van der Waals surface area contributed by atoms with Crippen molar-refractivity contribution in [3.8, 4) is 0 Å². The fraction of sp³-hybridized carbons (Fsp3) is 0.364. The van der Waals surface area contributed by atoms with Gasteiger partial charge in [-0.1, -0.05) is 13.0 Å². The number of hydrogen-bond acceptors (Lipinski definition) is 2. The lowest BCUT2D eigenvalue weighted by molar-refractivity contribution is -0.117. The van der Waals surface area contributed by atoms with Gasteiger partial charge < -0.3 is 10.6 Å². The molecule has 1 aromatic rings. The predicted octanol–water partition coefficient (Wildman–Crippen LogP) is 1.35. The molecule has 0 fully saturated rings. The van der Waals surface area contributed by atoms with Crippen molar-refractivity contribution in [2.75, 3.05) is 17.7 Å². The third-order valence-corrected chi connectivity index (χ3v) is 2.74. The van der Waals surface area contributed by atoms with Gasteiger partial charge in [0.05, 0.1) is 17.8 Å². The van der Waals surface area contributed by atoms with Gasteiger partial charge in [-0.3, -0.25) is 4.79 Å². The van der Waals surface area contributed by atoms with Crippen LogP contribution in [0.5, 0.6) is 0 Å². The third-order valence-electron chi connectivity index (χ3n) is 2.74. The highest BCUT2D eigenvalue weighted by atomic mass is 16.2. The highest BCUT2D eigenvalue weighted by molar-refractivity contribution is 6.04. The first-order chi connectivity index (χ1) is 6.63. The van der Waals surface area contributed by atoms with Crippen molar-refractivity contribution >= 4 is 17.3 Å². The molecule has 1 aliphatic heterocycles. The molecule has 0 bridgehead atoms. The highest BCUT2D eigenvalue weighted by Crippen LogP contribution is 2.34. The van der Waals surface area contributed by atoms with Crippen LogP contribution in [0.4, 0.5) is 11.4 Å². The number of likely N-dealkylation sites (N-methyl/N-ethyl adjacent to an activating group) is 1. The Morgan fingerprint density at radius 3 is 2.86 bits per heavy atom. The smallest absolute Gasteiger partial charge is 0.231 e. The van der Waals surface area contributed by atoms with Crippen molar-refractivity contribution in [2.24, 2.45) is 0 Å². The molecule has 2 rings (SSSR count). The fourth-order valence-corrected chi connectivity index (χ4v) is 1.94. The molecule has 1 heterocycles. The number of carbonyl (C=O) groups excluding carboxylic acids is 1. The quantitative estimate of drug-likeness (QED) is 0.679. The van der Waals surface area contributed by atoms with Crippen LogP contribution in [0, 0.1) is 0 Å². The van der Waals surface area contributed by atoms with Gasteiger partial charge in [-0.05, 0) is 23.6 Å². The van der Waals surface area contributed by atoms with Crippen LogP contribution >= 0.6 is 0 Å². The number of anilines is 2. The Kier molecular flexibility index (Phi) is 1.95. The van der Waals surface area contributed by atoms with Crippen molar-refractivity contribution in [2.45, 2.75) is 19.8 Å². The molecule has 74 valence electrons. The molecule has 1 aromatic carbocycles. The molecule has 0 unspecified atom stereocenters. The van der Waals surface area contributed by atoms with Gasteiger partial charge in [0.15, 0.2) is 0 Å². The van der Waals surface area contributed by atoms with Crippen LogP contribution in [-0.2, 0) is 17.6 Å². The van der Waals surface area contributed by atoms with Crippen molar-refractivity contribution < 1.29 is 4.79 Å². The molecule has 0 saturated heterocycles. The molecule has 3 heteroatoms. The Labute approximate surface area is 83.5 Å².